The van der Waals surface area contributed by atoms with Gasteiger partial charge in [0.25, 0.3) is 0 Å². The zero-order valence-electron chi connectivity index (χ0n) is 18.0. The zero-order valence-corrected chi connectivity index (χ0v) is 18.0. The highest BCUT2D eigenvalue weighted by Gasteiger charge is 2.48. The maximum atomic E-state index is 14.3. The van der Waals surface area contributed by atoms with Gasteiger partial charge in [-0.25, -0.2) is 19.0 Å². The van der Waals surface area contributed by atoms with Crippen LogP contribution < -0.4 is 4.90 Å². The summed E-state index contributed by atoms with van der Waals surface area (Å²) in [7, 11) is 0. The van der Waals surface area contributed by atoms with E-state index in [0.29, 0.717) is 36.0 Å². The van der Waals surface area contributed by atoms with E-state index < -0.39 is 22.7 Å². The molecule has 7 nitrogen and oxygen atoms in total. The number of aromatic carboxylic acids is 1. The topological polar surface area (TPSA) is 78.7 Å². The molecule has 3 heterocycles. The lowest BCUT2D eigenvalue weighted by Crippen LogP contribution is -2.55. The number of carboxylic acid groups (broad SMARTS) is 1. The Bertz CT molecular complexity index is 1050. The monoisotopic (exact) mass is 414 g/mol. The third-order valence-electron chi connectivity index (χ3n) is 5.88. The molecule has 0 radical (unpaired) electrons. The van der Waals surface area contributed by atoms with Gasteiger partial charge in [0.2, 0.25) is 0 Å². The van der Waals surface area contributed by atoms with E-state index in [1.54, 1.807) is 29.4 Å². The molecular formula is C22H27FN4O3. The molecule has 2 amide bonds. The van der Waals surface area contributed by atoms with Crippen LogP contribution in [-0.2, 0) is 11.0 Å². The minimum Gasteiger partial charge on any atom is -0.476 e. The summed E-state index contributed by atoms with van der Waals surface area (Å²) < 4.78 is 16.1. The van der Waals surface area contributed by atoms with Crippen LogP contribution in [0.1, 0.15) is 69.5 Å². The third-order valence-corrected chi connectivity index (χ3v) is 5.88. The molecular weight excluding hydrogens is 387 g/mol. The van der Waals surface area contributed by atoms with Crippen molar-refractivity contribution in [3.8, 4) is 5.69 Å². The third kappa shape index (κ3) is 2.88. The van der Waals surface area contributed by atoms with Crippen molar-refractivity contribution in [1.29, 1.82) is 0 Å². The summed E-state index contributed by atoms with van der Waals surface area (Å²) in [6.45, 7) is 10.7. The van der Waals surface area contributed by atoms with Crippen molar-refractivity contribution in [2.45, 2.75) is 58.4 Å². The standard InChI is InChI=1S/C22H27FN4O3/c1-21(2,3)19-24-16(18(28)29)17-22(4,5)27(20(30)25-10-6-7-11-25)15-12-13(23)8-9-14(15)26(17)19/h8-9,12H,6-7,10-11H2,1-5H3,(H,28,29). The van der Waals surface area contributed by atoms with E-state index in [-0.39, 0.29) is 11.7 Å². The molecule has 8 heteroatoms. The van der Waals surface area contributed by atoms with Gasteiger partial charge >= 0.3 is 12.0 Å². The number of amides is 2. The first-order chi connectivity index (χ1) is 13.9. The van der Waals surface area contributed by atoms with Gasteiger partial charge in [0.05, 0.1) is 22.6 Å². The van der Waals surface area contributed by atoms with E-state index in [0.717, 1.165) is 12.8 Å². The molecule has 2 aromatic rings. The lowest BCUT2D eigenvalue weighted by molar-refractivity contribution is 0.0687. The number of nitrogens with zero attached hydrogens (tertiary/aromatic N) is 4. The highest BCUT2D eigenvalue weighted by molar-refractivity contribution is 5.98. The number of halogens is 1. The van der Waals surface area contributed by atoms with Crippen LogP contribution in [0.3, 0.4) is 0 Å². The molecule has 0 unspecified atom stereocenters. The molecule has 0 bridgehead atoms. The zero-order chi connectivity index (χ0) is 22.0. The molecule has 0 atom stereocenters. The molecule has 1 N–H and O–H groups in total. The van der Waals surface area contributed by atoms with Crippen LogP contribution in [0.15, 0.2) is 18.2 Å². The fourth-order valence-corrected chi connectivity index (χ4v) is 4.53. The molecule has 4 rings (SSSR count). The van der Waals surface area contributed by atoms with Gasteiger partial charge in [0.1, 0.15) is 11.6 Å². The van der Waals surface area contributed by atoms with E-state index in [2.05, 4.69) is 4.98 Å². The van der Waals surface area contributed by atoms with Crippen LogP contribution in [0.4, 0.5) is 14.9 Å². The SMILES string of the molecule is CC(C)(C)c1nc(C(=O)O)c2n1-c1ccc(F)cc1N(C(=O)N1CCCC1)C2(C)C. The van der Waals surface area contributed by atoms with Crippen molar-refractivity contribution >= 4 is 17.7 Å². The maximum absolute atomic E-state index is 14.3. The van der Waals surface area contributed by atoms with Gasteiger partial charge in [-0.3, -0.25) is 9.47 Å². The molecule has 2 aliphatic rings. The molecule has 160 valence electrons. The van der Waals surface area contributed by atoms with Crippen molar-refractivity contribution in [3.63, 3.8) is 0 Å². The van der Waals surface area contributed by atoms with Gasteiger partial charge in [0, 0.05) is 18.5 Å². The van der Waals surface area contributed by atoms with Crippen molar-refractivity contribution in [3.05, 3.63) is 41.2 Å². The number of carbonyl (C=O) groups is 2. The molecule has 0 aliphatic carbocycles. The Morgan fingerprint density at radius 2 is 1.77 bits per heavy atom. The van der Waals surface area contributed by atoms with Crippen molar-refractivity contribution in [2.24, 2.45) is 0 Å². The summed E-state index contributed by atoms with van der Waals surface area (Å²) >= 11 is 0. The second kappa shape index (κ2) is 6.55. The van der Waals surface area contributed by atoms with Gasteiger partial charge in [-0.1, -0.05) is 20.8 Å². The first-order valence-electron chi connectivity index (χ1n) is 10.2. The van der Waals surface area contributed by atoms with Crippen molar-refractivity contribution in [1.82, 2.24) is 14.5 Å². The molecule has 1 aromatic heterocycles. The number of benzene rings is 1. The Hall–Kier alpha value is -2.90. The average molecular weight is 414 g/mol. The Balaban J connectivity index is 2.06. The van der Waals surface area contributed by atoms with E-state index in [1.165, 1.54) is 17.0 Å². The smallest absolute Gasteiger partial charge is 0.356 e. The van der Waals surface area contributed by atoms with Crippen LogP contribution >= 0.6 is 0 Å². The Morgan fingerprint density at radius 3 is 2.33 bits per heavy atom. The number of aromatic nitrogens is 2. The predicted octanol–water partition coefficient (Wildman–Crippen LogP) is 4.28. The number of hydrogen-bond acceptors (Lipinski definition) is 3. The fourth-order valence-electron chi connectivity index (χ4n) is 4.53. The largest absolute Gasteiger partial charge is 0.476 e. The Kier molecular flexibility index (Phi) is 4.45. The molecule has 1 saturated heterocycles. The van der Waals surface area contributed by atoms with Crippen LogP contribution in [0.5, 0.6) is 0 Å². The number of rotatable bonds is 1. The van der Waals surface area contributed by atoms with Gasteiger partial charge < -0.3 is 10.0 Å². The summed E-state index contributed by atoms with van der Waals surface area (Å²) in [6.07, 6.45) is 1.84. The van der Waals surface area contributed by atoms with E-state index in [4.69, 9.17) is 0 Å². The van der Waals surface area contributed by atoms with Crippen LogP contribution in [0.2, 0.25) is 0 Å². The second-order valence-electron chi connectivity index (χ2n) is 9.53. The molecule has 1 aromatic carbocycles. The minimum absolute atomic E-state index is 0.0841. The normalized spacial score (nSPS) is 17.7. The van der Waals surface area contributed by atoms with E-state index in [1.807, 2.05) is 20.8 Å². The number of carbonyl (C=O) groups excluding carboxylic acids is 1. The van der Waals surface area contributed by atoms with Gasteiger partial charge in [-0.2, -0.15) is 0 Å². The number of anilines is 1. The highest BCUT2D eigenvalue weighted by Crippen LogP contribution is 2.47. The average Bonchev–Trinajstić information content (AvgIpc) is 3.29. The minimum atomic E-state index is -1.15. The Labute approximate surface area is 175 Å². The fraction of sp³-hybridized carbons (Fsp3) is 0.500. The highest BCUT2D eigenvalue weighted by atomic mass is 19.1. The van der Waals surface area contributed by atoms with Crippen LogP contribution in [0, 0.1) is 5.82 Å². The number of imidazole rings is 1. The lowest BCUT2D eigenvalue weighted by Gasteiger charge is -2.45. The molecule has 0 spiro atoms. The molecule has 1 fully saturated rings. The number of urea groups is 1. The number of likely N-dealkylation sites (tertiary alicyclic amines) is 1. The summed E-state index contributed by atoms with van der Waals surface area (Å²) in [4.78, 5) is 33.5. The van der Waals surface area contributed by atoms with Crippen LogP contribution in [0.25, 0.3) is 5.69 Å². The van der Waals surface area contributed by atoms with Gasteiger partial charge in [0.15, 0.2) is 5.69 Å². The summed E-state index contributed by atoms with van der Waals surface area (Å²) in [5.74, 6) is -1.05. The Morgan fingerprint density at radius 1 is 1.13 bits per heavy atom. The van der Waals surface area contributed by atoms with Gasteiger partial charge in [-0.05, 0) is 44.9 Å². The van der Waals surface area contributed by atoms with Crippen molar-refractivity contribution in [2.75, 3.05) is 18.0 Å². The summed E-state index contributed by atoms with van der Waals surface area (Å²) in [5, 5.41) is 9.93. The number of hydrogen-bond donors (Lipinski definition) is 1. The maximum Gasteiger partial charge on any atom is 0.356 e. The lowest BCUT2D eigenvalue weighted by atomic mass is 9.90. The molecule has 30 heavy (non-hydrogen) atoms. The quantitative estimate of drug-likeness (QED) is 0.756. The predicted molar refractivity (Wildman–Crippen MR) is 111 cm³/mol. The molecule has 2 aliphatic heterocycles. The molecule has 0 saturated carbocycles. The summed E-state index contributed by atoms with van der Waals surface area (Å²) in [6, 6.07) is 4.02. The number of carboxylic acids is 1. The number of fused-ring (bicyclic) bond motifs is 3. The van der Waals surface area contributed by atoms with E-state index >= 15 is 0 Å². The second-order valence-corrected chi connectivity index (χ2v) is 9.53. The van der Waals surface area contributed by atoms with Crippen LogP contribution in [-0.4, -0.2) is 44.6 Å². The van der Waals surface area contributed by atoms with E-state index in [9.17, 15) is 19.1 Å². The van der Waals surface area contributed by atoms with Gasteiger partial charge in [-0.15, -0.1) is 0 Å². The van der Waals surface area contributed by atoms with Crippen molar-refractivity contribution < 1.29 is 19.1 Å². The first kappa shape index (κ1) is 20.4. The summed E-state index contributed by atoms with van der Waals surface area (Å²) in [5.41, 5.74) is -0.200. The first-order valence-corrected chi connectivity index (χ1v) is 10.2.